The van der Waals surface area contributed by atoms with Crippen molar-refractivity contribution in [3.05, 3.63) is 78.8 Å². The number of nitrogens with zero attached hydrogens (tertiary/aromatic N) is 3. The molecule has 31 heavy (non-hydrogen) atoms. The number of benzene rings is 1. The van der Waals surface area contributed by atoms with Crippen molar-refractivity contribution in [2.24, 2.45) is 0 Å². The second kappa shape index (κ2) is 8.79. The molecular weight excluding hydrogens is 386 g/mol. The van der Waals surface area contributed by atoms with Crippen LogP contribution in [0.2, 0.25) is 0 Å². The van der Waals surface area contributed by atoms with Gasteiger partial charge in [0.1, 0.15) is 0 Å². The van der Waals surface area contributed by atoms with Gasteiger partial charge >= 0.3 is 0 Å². The number of hydrogen-bond acceptors (Lipinski definition) is 5. The third-order valence-electron chi connectivity index (χ3n) is 5.90. The fourth-order valence-corrected chi connectivity index (χ4v) is 4.13. The predicted molar refractivity (Wildman–Crippen MR) is 121 cm³/mol. The van der Waals surface area contributed by atoms with Gasteiger partial charge in [0.2, 0.25) is 0 Å². The molecule has 1 saturated heterocycles. The minimum atomic E-state index is 0.145. The van der Waals surface area contributed by atoms with Crippen molar-refractivity contribution in [3.63, 3.8) is 0 Å². The van der Waals surface area contributed by atoms with E-state index in [2.05, 4.69) is 55.8 Å². The summed E-state index contributed by atoms with van der Waals surface area (Å²) >= 11 is 0. The second-order valence-corrected chi connectivity index (χ2v) is 7.79. The zero-order valence-corrected chi connectivity index (χ0v) is 17.5. The first-order valence-corrected chi connectivity index (χ1v) is 10.6. The number of aromatic nitrogens is 4. The molecule has 2 unspecified atom stereocenters. The van der Waals surface area contributed by atoms with Gasteiger partial charge < -0.3 is 10.1 Å². The van der Waals surface area contributed by atoms with Crippen LogP contribution in [-0.2, 0) is 4.74 Å². The lowest BCUT2D eigenvalue weighted by Crippen LogP contribution is -2.33. The standard InChI is InChI=1S/C25H25N5O/c1-26-20-10-13-31-24(15-20)18-7-5-17(6-8-18)23-14-19(9-12-28-23)21-16-29-30-25(21)22-4-2-3-11-27-22/h2-9,11-12,14,16,20,24,26H,10,13,15H2,1H3,(H,29,30). The topological polar surface area (TPSA) is 75.7 Å². The molecule has 5 rings (SSSR count). The van der Waals surface area contributed by atoms with Crippen molar-refractivity contribution in [3.8, 4) is 33.8 Å². The van der Waals surface area contributed by atoms with E-state index in [4.69, 9.17) is 4.74 Å². The van der Waals surface area contributed by atoms with Crippen molar-refractivity contribution in [2.75, 3.05) is 13.7 Å². The van der Waals surface area contributed by atoms with Gasteiger partial charge in [0, 0.05) is 36.2 Å². The molecule has 0 spiro atoms. The minimum Gasteiger partial charge on any atom is -0.373 e. The summed E-state index contributed by atoms with van der Waals surface area (Å²) in [5.41, 5.74) is 7.05. The first-order chi connectivity index (χ1) is 15.3. The monoisotopic (exact) mass is 411 g/mol. The fraction of sp³-hybridized carbons (Fsp3) is 0.240. The maximum Gasteiger partial charge on any atom is 0.0912 e. The Morgan fingerprint density at radius 2 is 1.84 bits per heavy atom. The molecule has 3 aromatic heterocycles. The fourth-order valence-electron chi connectivity index (χ4n) is 4.13. The highest BCUT2D eigenvalue weighted by atomic mass is 16.5. The van der Waals surface area contributed by atoms with E-state index in [9.17, 15) is 0 Å². The Balaban J connectivity index is 1.41. The number of ether oxygens (including phenoxy) is 1. The van der Waals surface area contributed by atoms with Gasteiger partial charge in [-0.25, -0.2) is 0 Å². The highest BCUT2D eigenvalue weighted by Gasteiger charge is 2.22. The normalized spacial score (nSPS) is 18.7. The number of H-pyrrole nitrogens is 1. The summed E-state index contributed by atoms with van der Waals surface area (Å²) < 4.78 is 5.99. The SMILES string of the molecule is CNC1CCOC(c2ccc(-c3cc(-c4cn[nH]c4-c4ccccn4)ccn3)cc2)C1. The molecule has 0 bridgehead atoms. The molecule has 1 aromatic carbocycles. The van der Waals surface area contributed by atoms with Crippen molar-refractivity contribution < 1.29 is 4.74 Å². The number of rotatable bonds is 5. The molecule has 0 aliphatic carbocycles. The molecule has 2 atom stereocenters. The van der Waals surface area contributed by atoms with Crippen LogP contribution in [0.25, 0.3) is 33.8 Å². The first kappa shape index (κ1) is 19.6. The Morgan fingerprint density at radius 3 is 2.65 bits per heavy atom. The van der Waals surface area contributed by atoms with E-state index < -0.39 is 0 Å². The van der Waals surface area contributed by atoms with Gasteiger partial charge in [0.05, 0.1) is 29.4 Å². The highest BCUT2D eigenvalue weighted by Crippen LogP contribution is 2.32. The van der Waals surface area contributed by atoms with Crippen LogP contribution in [0.1, 0.15) is 24.5 Å². The van der Waals surface area contributed by atoms with Gasteiger partial charge in [-0.2, -0.15) is 5.10 Å². The molecule has 6 nitrogen and oxygen atoms in total. The lowest BCUT2D eigenvalue weighted by atomic mass is 9.96. The van der Waals surface area contributed by atoms with E-state index in [-0.39, 0.29) is 6.10 Å². The van der Waals surface area contributed by atoms with Crippen LogP contribution in [0.3, 0.4) is 0 Å². The number of pyridine rings is 2. The second-order valence-electron chi connectivity index (χ2n) is 7.79. The van der Waals surface area contributed by atoms with Crippen LogP contribution in [0.4, 0.5) is 0 Å². The summed E-state index contributed by atoms with van der Waals surface area (Å²) in [6, 6.07) is 19.0. The van der Waals surface area contributed by atoms with Gasteiger partial charge in [-0.05, 0) is 55.3 Å². The summed E-state index contributed by atoms with van der Waals surface area (Å²) in [5.74, 6) is 0. The Morgan fingerprint density at radius 1 is 0.968 bits per heavy atom. The molecule has 2 N–H and O–H groups in total. The number of nitrogens with one attached hydrogen (secondary N) is 2. The number of aromatic amines is 1. The van der Waals surface area contributed by atoms with Crippen molar-refractivity contribution >= 4 is 0 Å². The predicted octanol–water partition coefficient (Wildman–Crippen LogP) is 4.64. The largest absolute Gasteiger partial charge is 0.373 e. The van der Waals surface area contributed by atoms with E-state index in [0.717, 1.165) is 53.2 Å². The van der Waals surface area contributed by atoms with E-state index in [1.807, 2.05) is 43.7 Å². The Labute approximate surface area is 181 Å². The summed E-state index contributed by atoms with van der Waals surface area (Å²) in [7, 11) is 2.02. The molecular formula is C25H25N5O. The third kappa shape index (κ3) is 4.13. The highest BCUT2D eigenvalue weighted by molar-refractivity contribution is 5.80. The van der Waals surface area contributed by atoms with E-state index in [1.54, 1.807) is 6.20 Å². The molecule has 1 fully saturated rings. The van der Waals surface area contributed by atoms with E-state index in [0.29, 0.717) is 6.04 Å². The van der Waals surface area contributed by atoms with Gasteiger partial charge in [-0.3, -0.25) is 15.1 Å². The molecule has 0 saturated carbocycles. The average Bonchev–Trinajstić information content (AvgIpc) is 3.35. The van der Waals surface area contributed by atoms with Crippen molar-refractivity contribution in [1.82, 2.24) is 25.5 Å². The Kier molecular flexibility index (Phi) is 5.56. The van der Waals surface area contributed by atoms with Crippen LogP contribution >= 0.6 is 0 Å². The van der Waals surface area contributed by atoms with Gasteiger partial charge in [0.25, 0.3) is 0 Å². The molecule has 6 heteroatoms. The zero-order chi connectivity index (χ0) is 21.0. The molecule has 1 aliphatic heterocycles. The molecule has 1 aliphatic rings. The summed E-state index contributed by atoms with van der Waals surface area (Å²) in [6.07, 6.45) is 7.68. The van der Waals surface area contributed by atoms with Gasteiger partial charge in [-0.15, -0.1) is 0 Å². The van der Waals surface area contributed by atoms with E-state index in [1.165, 1.54) is 5.56 Å². The molecule has 156 valence electrons. The van der Waals surface area contributed by atoms with Crippen LogP contribution in [0.5, 0.6) is 0 Å². The Hall–Kier alpha value is -3.35. The lowest BCUT2D eigenvalue weighted by Gasteiger charge is -2.29. The van der Waals surface area contributed by atoms with Gasteiger partial charge in [-0.1, -0.05) is 30.3 Å². The molecule has 0 radical (unpaired) electrons. The number of hydrogen-bond donors (Lipinski definition) is 2. The minimum absolute atomic E-state index is 0.145. The summed E-state index contributed by atoms with van der Waals surface area (Å²) in [4.78, 5) is 9.05. The smallest absolute Gasteiger partial charge is 0.0912 e. The zero-order valence-electron chi connectivity index (χ0n) is 17.5. The van der Waals surface area contributed by atoms with Crippen LogP contribution in [0, 0.1) is 0 Å². The quantitative estimate of drug-likeness (QED) is 0.500. The summed E-state index contributed by atoms with van der Waals surface area (Å²) in [5, 5.41) is 10.7. The molecule has 4 heterocycles. The van der Waals surface area contributed by atoms with Crippen LogP contribution in [-0.4, -0.2) is 39.9 Å². The van der Waals surface area contributed by atoms with Crippen molar-refractivity contribution in [1.29, 1.82) is 0 Å². The maximum absolute atomic E-state index is 5.99. The van der Waals surface area contributed by atoms with E-state index >= 15 is 0 Å². The third-order valence-corrected chi connectivity index (χ3v) is 5.90. The first-order valence-electron chi connectivity index (χ1n) is 10.6. The Bertz CT molecular complexity index is 1140. The lowest BCUT2D eigenvalue weighted by molar-refractivity contribution is 0.00156. The van der Waals surface area contributed by atoms with Crippen molar-refractivity contribution in [2.45, 2.75) is 25.0 Å². The van der Waals surface area contributed by atoms with Crippen LogP contribution < -0.4 is 5.32 Å². The molecule has 0 amide bonds. The maximum atomic E-state index is 5.99. The summed E-state index contributed by atoms with van der Waals surface area (Å²) in [6.45, 7) is 0.796. The average molecular weight is 412 g/mol. The van der Waals surface area contributed by atoms with Gasteiger partial charge in [0.15, 0.2) is 0 Å². The molecule has 4 aromatic rings. The van der Waals surface area contributed by atoms with Crippen LogP contribution in [0.15, 0.2) is 73.2 Å².